The molecule has 0 atom stereocenters. The molecule has 0 unspecified atom stereocenters. The first-order chi connectivity index (χ1) is 10.6. The van der Waals surface area contributed by atoms with E-state index < -0.39 is 0 Å². The maximum atomic E-state index is 11.8. The minimum atomic E-state index is -0.286. The topological polar surface area (TPSA) is 67.0 Å². The number of benzene rings is 2. The van der Waals surface area contributed by atoms with Crippen molar-refractivity contribution in [1.82, 2.24) is 4.57 Å². The van der Waals surface area contributed by atoms with Crippen molar-refractivity contribution in [2.75, 3.05) is 0 Å². The molecule has 22 heavy (non-hydrogen) atoms. The number of nitrogens with zero attached hydrogens (tertiary/aromatic N) is 3. The summed E-state index contributed by atoms with van der Waals surface area (Å²) in [5.74, 6) is -0.494. The molecule has 3 aromatic rings. The summed E-state index contributed by atoms with van der Waals surface area (Å²) in [5.41, 5.74) is 1.53. The molecular formula is C16H12BrN3O2. The van der Waals surface area contributed by atoms with Crippen LogP contribution in [0.25, 0.3) is 10.9 Å². The van der Waals surface area contributed by atoms with E-state index in [4.69, 9.17) is 0 Å². The lowest BCUT2D eigenvalue weighted by Gasteiger charge is -2.00. The summed E-state index contributed by atoms with van der Waals surface area (Å²) >= 11 is 3.39. The molecule has 2 aromatic carbocycles. The van der Waals surface area contributed by atoms with Gasteiger partial charge in [-0.15, -0.1) is 5.11 Å². The molecule has 6 heteroatoms. The second-order valence-corrected chi connectivity index (χ2v) is 5.64. The number of hydrogen-bond donors (Lipinski definition) is 1. The predicted octanol–water partition coefficient (Wildman–Crippen LogP) is 5.18. The highest BCUT2D eigenvalue weighted by atomic mass is 79.9. The molecule has 5 nitrogen and oxygen atoms in total. The third-order valence-electron chi connectivity index (χ3n) is 3.21. The van der Waals surface area contributed by atoms with Crippen molar-refractivity contribution in [3.63, 3.8) is 0 Å². The largest absolute Gasteiger partial charge is 0.493 e. The van der Waals surface area contributed by atoms with E-state index in [1.807, 2.05) is 18.2 Å². The summed E-state index contributed by atoms with van der Waals surface area (Å²) in [5, 5.41) is 19.2. The van der Waals surface area contributed by atoms with Crippen LogP contribution in [0, 0.1) is 0 Å². The van der Waals surface area contributed by atoms with Gasteiger partial charge in [0, 0.05) is 16.8 Å². The molecule has 0 fully saturated rings. The van der Waals surface area contributed by atoms with Crippen LogP contribution in [-0.2, 0) is 0 Å². The molecule has 0 radical (unpaired) electrons. The van der Waals surface area contributed by atoms with E-state index >= 15 is 0 Å². The summed E-state index contributed by atoms with van der Waals surface area (Å²) in [6.07, 6.45) is 0. The van der Waals surface area contributed by atoms with Crippen LogP contribution in [0.1, 0.15) is 11.7 Å². The Kier molecular flexibility index (Phi) is 3.77. The van der Waals surface area contributed by atoms with Crippen molar-refractivity contribution in [3.8, 4) is 5.88 Å². The number of carbonyl (C=O) groups excluding carboxylic acids is 1. The Morgan fingerprint density at radius 2 is 1.86 bits per heavy atom. The summed E-state index contributed by atoms with van der Waals surface area (Å²) < 4.78 is 2.05. The predicted molar refractivity (Wildman–Crippen MR) is 88.2 cm³/mol. The molecule has 0 saturated heterocycles. The minimum Gasteiger partial charge on any atom is -0.493 e. The fraction of sp³-hybridized carbons (Fsp3) is 0.0625. The van der Waals surface area contributed by atoms with Crippen LogP contribution in [0.15, 0.2) is 63.2 Å². The molecule has 0 aliphatic heterocycles. The van der Waals surface area contributed by atoms with Gasteiger partial charge in [-0.2, -0.15) is 5.11 Å². The minimum absolute atomic E-state index is 0.208. The molecular weight excluding hydrogens is 346 g/mol. The van der Waals surface area contributed by atoms with E-state index in [1.54, 1.807) is 30.3 Å². The van der Waals surface area contributed by atoms with Crippen LogP contribution >= 0.6 is 15.9 Å². The Labute approximate surface area is 135 Å². The number of hydrogen-bond acceptors (Lipinski definition) is 4. The second-order valence-electron chi connectivity index (χ2n) is 4.72. The molecule has 0 aliphatic rings. The average molecular weight is 358 g/mol. The van der Waals surface area contributed by atoms with Crippen LogP contribution in [0.4, 0.5) is 11.4 Å². The van der Waals surface area contributed by atoms with Gasteiger partial charge in [0.05, 0.1) is 11.2 Å². The molecule has 0 spiro atoms. The fourth-order valence-corrected chi connectivity index (χ4v) is 2.61. The fourth-order valence-electron chi connectivity index (χ4n) is 2.25. The second kappa shape index (κ2) is 5.73. The first kappa shape index (κ1) is 14.5. The van der Waals surface area contributed by atoms with Crippen molar-refractivity contribution in [2.24, 2.45) is 10.2 Å². The van der Waals surface area contributed by atoms with Crippen LogP contribution in [-0.4, -0.2) is 15.6 Å². The van der Waals surface area contributed by atoms with Crippen molar-refractivity contribution in [3.05, 3.63) is 53.0 Å². The standard InChI is InChI=1S/C16H12BrN3O2/c1-10(21)20-14-8-7-11(17)9-13(14)15(16(20)22)19-18-12-5-3-2-4-6-12/h2-9,22H,1H3. The van der Waals surface area contributed by atoms with E-state index in [1.165, 1.54) is 11.5 Å². The first-order valence-corrected chi connectivity index (χ1v) is 7.38. The zero-order valence-corrected chi connectivity index (χ0v) is 13.3. The monoisotopic (exact) mass is 357 g/mol. The van der Waals surface area contributed by atoms with Gasteiger partial charge in [0.2, 0.25) is 11.8 Å². The molecule has 3 rings (SSSR count). The Hall–Kier alpha value is -2.47. The molecule has 1 aromatic heterocycles. The molecule has 1 heterocycles. The molecule has 0 bridgehead atoms. The highest BCUT2D eigenvalue weighted by molar-refractivity contribution is 9.10. The number of halogens is 1. The van der Waals surface area contributed by atoms with Crippen molar-refractivity contribution >= 4 is 44.1 Å². The van der Waals surface area contributed by atoms with Gasteiger partial charge in [0.15, 0.2) is 5.69 Å². The van der Waals surface area contributed by atoms with Crippen molar-refractivity contribution in [1.29, 1.82) is 0 Å². The van der Waals surface area contributed by atoms with E-state index in [0.717, 1.165) is 4.47 Å². The molecule has 0 amide bonds. The lowest BCUT2D eigenvalue weighted by Crippen LogP contribution is -2.03. The third-order valence-corrected chi connectivity index (χ3v) is 3.71. The summed E-state index contributed by atoms with van der Waals surface area (Å²) in [6, 6.07) is 14.6. The number of fused-ring (bicyclic) bond motifs is 1. The summed E-state index contributed by atoms with van der Waals surface area (Å²) in [6.45, 7) is 1.39. The number of aromatic hydroxyl groups is 1. The highest BCUT2D eigenvalue weighted by Gasteiger charge is 2.19. The van der Waals surface area contributed by atoms with Gasteiger partial charge in [0.25, 0.3) is 0 Å². The van der Waals surface area contributed by atoms with Gasteiger partial charge in [-0.3, -0.25) is 4.79 Å². The Balaban J connectivity index is 2.20. The average Bonchev–Trinajstić information content (AvgIpc) is 2.77. The van der Waals surface area contributed by atoms with Gasteiger partial charge >= 0.3 is 0 Å². The third kappa shape index (κ3) is 2.53. The SMILES string of the molecule is CC(=O)n1c(O)c(N=Nc2ccccc2)c2cc(Br)ccc21. The number of rotatable bonds is 2. The number of azo groups is 1. The van der Waals surface area contributed by atoms with Gasteiger partial charge in [0.1, 0.15) is 0 Å². The van der Waals surface area contributed by atoms with E-state index in [-0.39, 0.29) is 17.5 Å². The molecule has 0 aliphatic carbocycles. The molecule has 1 N–H and O–H groups in total. The quantitative estimate of drug-likeness (QED) is 0.641. The van der Waals surface area contributed by atoms with E-state index in [0.29, 0.717) is 16.6 Å². The summed E-state index contributed by atoms with van der Waals surface area (Å²) in [7, 11) is 0. The van der Waals surface area contributed by atoms with Gasteiger partial charge < -0.3 is 5.11 Å². The van der Waals surface area contributed by atoms with E-state index in [9.17, 15) is 9.90 Å². The van der Waals surface area contributed by atoms with Crippen molar-refractivity contribution in [2.45, 2.75) is 6.92 Å². The normalized spacial score (nSPS) is 11.4. The zero-order chi connectivity index (χ0) is 15.7. The highest BCUT2D eigenvalue weighted by Crippen LogP contribution is 2.40. The lowest BCUT2D eigenvalue weighted by atomic mass is 10.2. The van der Waals surface area contributed by atoms with Crippen LogP contribution in [0.5, 0.6) is 5.88 Å². The Morgan fingerprint density at radius 3 is 2.55 bits per heavy atom. The maximum Gasteiger partial charge on any atom is 0.230 e. The maximum absolute atomic E-state index is 11.8. The van der Waals surface area contributed by atoms with Gasteiger partial charge in [-0.25, -0.2) is 4.57 Å². The van der Waals surface area contributed by atoms with Gasteiger partial charge in [-0.05, 0) is 30.3 Å². The number of carbonyl (C=O) groups is 1. The summed E-state index contributed by atoms with van der Waals surface area (Å²) in [4.78, 5) is 11.8. The van der Waals surface area contributed by atoms with Crippen molar-refractivity contribution < 1.29 is 9.90 Å². The first-order valence-electron chi connectivity index (χ1n) is 6.58. The zero-order valence-electron chi connectivity index (χ0n) is 11.7. The Bertz CT molecular complexity index is 885. The lowest BCUT2D eigenvalue weighted by molar-refractivity contribution is 0.0933. The smallest absolute Gasteiger partial charge is 0.230 e. The molecule has 0 saturated carbocycles. The van der Waals surface area contributed by atoms with Gasteiger partial charge in [-0.1, -0.05) is 34.1 Å². The van der Waals surface area contributed by atoms with Crippen LogP contribution in [0.3, 0.4) is 0 Å². The van der Waals surface area contributed by atoms with Crippen LogP contribution in [0.2, 0.25) is 0 Å². The molecule has 110 valence electrons. The van der Waals surface area contributed by atoms with Crippen LogP contribution < -0.4 is 0 Å². The Morgan fingerprint density at radius 1 is 1.14 bits per heavy atom. The number of aromatic nitrogens is 1. The van der Waals surface area contributed by atoms with E-state index in [2.05, 4.69) is 26.2 Å².